The van der Waals surface area contributed by atoms with Crippen molar-refractivity contribution < 1.29 is 9.26 Å². The van der Waals surface area contributed by atoms with Crippen molar-refractivity contribution in [1.29, 1.82) is 0 Å². The van der Waals surface area contributed by atoms with Crippen molar-refractivity contribution in [2.45, 2.75) is 36.8 Å². The van der Waals surface area contributed by atoms with E-state index in [0.717, 1.165) is 18.1 Å². The highest BCUT2D eigenvalue weighted by molar-refractivity contribution is 8.06. The van der Waals surface area contributed by atoms with Crippen molar-refractivity contribution in [2.75, 3.05) is 31.8 Å². The van der Waals surface area contributed by atoms with E-state index in [1.807, 2.05) is 23.5 Å². The van der Waals surface area contributed by atoms with Gasteiger partial charge in [0.25, 0.3) is 0 Å². The first-order valence-electron chi connectivity index (χ1n) is 7.02. The van der Waals surface area contributed by atoms with Gasteiger partial charge < -0.3 is 14.6 Å². The Labute approximate surface area is 129 Å². The second kappa shape index (κ2) is 8.26. The maximum Gasteiger partial charge on any atom is 0.228 e. The quantitative estimate of drug-likeness (QED) is 0.826. The highest BCUT2D eigenvalue weighted by Gasteiger charge is 2.28. The number of thioether (sulfide) groups is 2. The minimum atomic E-state index is 0.226. The van der Waals surface area contributed by atoms with E-state index in [1.165, 1.54) is 5.75 Å². The summed E-state index contributed by atoms with van der Waals surface area (Å²) in [5.41, 5.74) is 0. The topological polar surface area (TPSA) is 60.2 Å². The average Bonchev–Trinajstić information content (AvgIpc) is 2.88. The summed E-state index contributed by atoms with van der Waals surface area (Å²) in [6.45, 7) is 5.88. The van der Waals surface area contributed by atoms with E-state index >= 15 is 0 Å². The lowest BCUT2D eigenvalue weighted by Gasteiger charge is -2.24. The lowest BCUT2D eigenvalue weighted by Crippen LogP contribution is -2.35. The summed E-state index contributed by atoms with van der Waals surface area (Å²) in [4.78, 5) is 4.58. The molecule has 0 bridgehead atoms. The van der Waals surface area contributed by atoms with Crippen LogP contribution in [0.1, 0.15) is 30.8 Å². The smallest absolute Gasteiger partial charge is 0.228 e. The number of hydrogen-bond acceptors (Lipinski definition) is 7. The van der Waals surface area contributed by atoms with Gasteiger partial charge in [-0.1, -0.05) is 19.0 Å². The van der Waals surface area contributed by atoms with Crippen LogP contribution < -0.4 is 5.32 Å². The van der Waals surface area contributed by atoms with E-state index < -0.39 is 0 Å². The van der Waals surface area contributed by atoms with Crippen LogP contribution in [0.3, 0.4) is 0 Å². The van der Waals surface area contributed by atoms with Gasteiger partial charge in [0.2, 0.25) is 5.89 Å². The van der Waals surface area contributed by atoms with Crippen LogP contribution in [0.5, 0.6) is 0 Å². The number of rotatable bonds is 7. The number of aromatic nitrogens is 2. The molecule has 0 spiro atoms. The fourth-order valence-corrected chi connectivity index (χ4v) is 4.95. The Kier molecular flexibility index (Phi) is 6.67. The van der Waals surface area contributed by atoms with Crippen molar-refractivity contribution >= 4 is 23.5 Å². The summed E-state index contributed by atoms with van der Waals surface area (Å²) in [6.07, 6.45) is 0.716. The van der Waals surface area contributed by atoms with Gasteiger partial charge in [-0.15, -0.1) is 11.8 Å². The van der Waals surface area contributed by atoms with E-state index in [4.69, 9.17) is 9.26 Å². The van der Waals surface area contributed by atoms with E-state index in [1.54, 1.807) is 7.11 Å². The first kappa shape index (κ1) is 16.1. The van der Waals surface area contributed by atoms with Gasteiger partial charge in [0, 0.05) is 36.3 Å². The lowest BCUT2D eigenvalue weighted by molar-refractivity contribution is 0.162. The minimum Gasteiger partial charge on any atom is -0.383 e. The molecule has 0 aliphatic carbocycles. The van der Waals surface area contributed by atoms with Gasteiger partial charge in [0.1, 0.15) is 0 Å². The second-order valence-electron chi connectivity index (χ2n) is 4.83. The number of ether oxygens (including phenoxy) is 1. The zero-order chi connectivity index (χ0) is 14.4. The normalized spacial score (nSPS) is 24.8. The zero-order valence-electron chi connectivity index (χ0n) is 12.3. The largest absolute Gasteiger partial charge is 0.383 e. The van der Waals surface area contributed by atoms with Gasteiger partial charge in [-0.3, -0.25) is 0 Å². The van der Waals surface area contributed by atoms with Crippen LogP contribution in [0.4, 0.5) is 0 Å². The third-order valence-electron chi connectivity index (χ3n) is 3.21. The molecule has 1 fully saturated rings. The van der Waals surface area contributed by atoms with Gasteiger partial charge in [0.15, 0.2) is 5.82 Å². The number of methoxy groups -OCH3 is 1. The molecular formula is C13H23N3O2S2. The monoisotopic (exact) mass is 317 g/mol. The molecule has 0 radical (unpaired) electrons. The third-order valence-corrected chi connectivity index (χ3v) is 6.29. The molecule has 1 saturated heterocycles. The molecule has 1 aromatic heterocycles. The van der Waals surface area contributed by atoms with E-state index in [9.17, 15) is 0 Å². The molecule has 3 unspecified atom stereocenters. The van der Waals surface area contributed by atoms with Crippen LogP contribution in [0.2, 0.25) is 0 Å². The van der Waals surface area contributed by atoms with Gasteiger partial charge in [-0.05, 0) is 6.54 Å². The second-order valence-corrected chi connectivity index (χ2v) is 7.56. The maximum atomic E-state index is 5.41. The number of nitrogens with zero attached hydrogens (tertiary/aromatic N) is 2. The summed E-state index contributed by atoms with van der Waals surface area (Å²) >= 11 is 3.92. The molecular weight excluding hydrogens is 294 g/mol. The van der Waals surface area contributed by atoms with Crippen LogP contribution in [0, 0.1) is 0 Å². The van der Waals surface area contributed by atoms with E-state index in [2.05, 4.69) is 29.3 Å². The average molecular weight is 317 g/mol. The highest BCUT2D eigenvalue weighted by Crippen LogP contribution is 2.41. The molecule has 0 saturated carbocycles. The Hall–Kier alpha value is -0.240. The Morgan fingerprint density at radius 1 is 1.45 bits per heavy atom. The minimum absolute atomic E-state index is 0.226. The highest BCUT2D eigenvalue weighted by atomic mass is 32.2. The predicted octanol–water partition coefficient (Wildman–Crippen LogP) is 2.15. The molecule has 114 valence electrons. The summed E-state index contributed by atoms with van der Waals surface area (Å²) in [5.74, 6) is 3.92. The molecule has 1 aliphatic heterocycles. The molecule has 2 heterocycles. The summed E-state index contributed by atoms with van der Waals surface area (Å²) in [5, 5.41) is 8.44. The van der Waals surface area contributed by atoms with Gasteiger partial charge in [0.05, 0.1) is 11.9 Å². The van der Waals surface area contributed by atoms with Crippen LogP contribution in [-0.2, 0) is 11.2 Å². The SMILES string of the molecule is CCNC(COC)Cc1nc(C2SCCSC2C)no1. The maximum absolute atomic E-state index is 5.41. The van der Waals surface area contributed by atoms with Crippen molar-refractivity contribution in [3.63, 3.8) is 0 Å². The van der Waals surface area contributed by atoms with Crippen LogP contribution in [0.25, 0.3) is 0 Å². The van der Waals surface area contributed by atoms with Crippen LogP contribution in [-0.4, -0.2) is 53.2 Å². The lowest BCUT2D eigenvalue weighted by atomic mass is 10.2. The molecule has 2 rings (SSSR count). The van der Waals surface area contributed by atoms with Crippen LogP contribution in [0.15, 0.2) is 4.52 Å². The summed E-state index contributed by atoms with van der Waals surface area (Å²) in [6, 6.07) is 0.226. The number of hydrogen-bond donors (Lipinski definition) is 1. The van der Waals surface area contributed by atoms with E-state index in [0.29, 0.717) is 29.4 Å². The molecule has 7 heteroatoms. The molecule has 3 atom stereocenters. The van der Waals surface area contributed by atoms with Crippen molar-refractivity contribution in [3.8, 4) is 0 Å². The Bertz CT molecular complexity index is 397. The fourth-order valence-electron chi connectivity index (χ4n) is 2.27. The van der Waals surface area contributed by atoms with Gasteiger partial charge >= 0.3 is 0 Å². The third kappa shape index (κ3) is 4.38. The number of nitrogens with one attached hydrogen (secondary N) is 1. The standard InChI is InChI=1S/C13H23N3O2S2/c1-4-14-10(8-17-3)7-11-15-13(16-18-11)12-9(2)19-5-6-20-12/h9-10,12,14H,4-8H2,1-3H3. The summed E-state index contributed by atoms with van der Waals surface area (Å²) in [7, 11) is 1.71. The molecule has 1 N–H and O–H groups in total. The van der Waals surface area contributed by atoms with Crippen LogP contribution >= 0.6 is 23.5 Å². The van der Waals surface area contributed by atoms with Gasteiger partial charge in [-0.25, -0.2) is 0 Å². The van der Waals surface area contributed by atoms with Gasteiger partial charge in [-0.2, -0.15) is 16.7 Å². The Morgan fingerprint density at radius 2 is 2.25 bits per heavy atom. The van der Waals surface area contributed by atoms with Crippen molar-refractivity contribution in [2.24, 2.45) is 0 Å². The van der Waals surface area contributed by atoms with Crippen molar-refractivity contribution in [1.82, 2.24) is 15.5 Å². The molecule has 5 nitrogen and oxygen atoms in total. The van der Waals surface area contributed by atoms with Crippen molar-refractivity contribution in [3.05, 3.63) is 11.7 Å². The number of likely N-dealkylation sites (N-methyl/N-ethyl adjacent to an activating group) is 1. The molecule has 1 aliphatic rings. The summed E-state index contributed by atoms with van der Waals surface area (Å²) < 4.78 is 10.6. The Balaban J connectivity index is 1.96. The first-order valence-corrected chi connectivity index (χ1v) is 9.12. The molecule has 0 amide bonds. The molecule has 0 aromatic carbocycles. The first-order chi connectivity index (χ1) is 9.74. The fraction of sp³-hybridized carbons (Fsp3) is 0.846. The molecule has 1 aromatic rings. The molecule has 20 heavy (non-hydrogen) atoms. The van der Waals surface area contributed by atoms with E-state index in [-0.39, 0.29) is 6.04 Å². The Morgan fingerprint density at radius 3 is 2.95 bits per heavy atom. The zero-order valence-corrected chi connectivity index (χ0v) is 13.9. The predicted molar refractivity (Wildman–Crippen MR) is 84.5 cm³/mol.